The number of ketones is 1. The largest absolute Gasteiger partial charge is 0.350 e. The van der Waals surface area contributed by atoms with Crippen molar-refractivity contribution in [3.05, 3.63) is 23.3 Å². The zero-order valence-electron chi connectivity index (χ0n) is 17.2. The lowest BCUT2D eigenvalue weighted by molar-refractivity contribution is -0.257. The third-order valence-electron chi connectivity index (χ3n) is 5.45. The fourth-order valence-corrected chi connectivity index (χ4v) is 5.60. The molecule has 1 saturated heterocycles. The van der Waals surface area contributed by atoms with E-state index in [-0.39, 0.29) is 26.3 Å². The molecule has 5 heteroatoms. The number of hydrogen-bond acceptors (Lipinski definition) is 3. The molecule has 1 heterocycles. The lowest BCUT2D eigenvalue weighted by Gasteiger charge is -2.48. The molecule has 1 aliphatic heterocycles. The number of Topliss-reactive ketones (excluding diaryl/α,β-unsaturated/α-hetero) is 1. The van der Waals surface area contributed by atoms with E-state index in [1.807, 2.05) is 13.8 Å². The second-order valence-corrected chi connectivity index (χ2v) is 13.0. The second-order valence-electron chi connectivity index (χ2n) is 9.92. The van der Waals surface area contributed by atoms with Gasteiger partial charge >= 0.3 is 0 Å². The summed E-state index contributed by atoms with van der Waals surface area (Å²) in [5, 5.41) is 0. The molecule has 0 N–H and O–H groups in total. The van der Waals surface area contributed by atoms with Gasteiger partial charge in [-0.2, -0.15) is 0 Å². The minimum Gasteiger partial charge on any atom is -0.350 e. The van der Waals surface area contributed by atoms with Crippen LogP contribution < -0.4 is 0 Å². The molecule has 0 bridgehead atoms. The molecule has 3 nitrogen and oxygen atoms in total. The molecule has 0 aromatic carbocycles. The summed E-state index contributed by atoms with van der Waals surface area (Å²) in [5.74, 6) is -0.251. The fraction of sp³-hybridized carbons (Fsp3) is 0.762. The third kappa shape index (κ3) is 4.06. The van der Waals surface area contributed by atoms with Crippen LogP contribution in [0.3, 0.4) is 0 Å². The van der Waals surface area contributed by atoms with Gasteiger partial charge in [0.05, 0.1) is 22.4 Å². The van der Waals surface area contributed by atoms with Crippen molar-refractivity contribution in [2.75, 3.05) is 13.2 Å². The summed E-state index contributed by atoms with van der Waals surface area (Å²) in [6.45, 7) is 17.7. The van der Waals surface area contributed by atoms with Crippen molar-refractivity contribution in [2.45, 2.75) is 64.9 Å². The highest BCUT2D eigenvalue weighted by Crippen LogP contribution is 2.55. The third-order valence-corrected chi connectivity index (χ3v) is 6.90. The molecular weight excluding hydrogens is 460 g/mol. The summed E-state index contributed by atoms with van der Waals surface area (Å²) < 4.78 is 11.6. The Morgan fingerprint density at radius 3 is 1.96 bits per heavy atom. The van der Waals surface area contributed by atoms with Gasteiger partial charge < -0.3 is 9.47 Å². The highest BCUT2D eigenvalue weighted by atomic mass is 79.9. The summed E-state index contributed by atoms with van der Waals surface area (Å²) in [6.07, 6.45) is 4.22. The maximum Gasteiger partial charge on any atom is 0.171 e. The molecule has 0 aromatic rings. The summed E-state index contributed by atoms with van der Waals surface area (Å²) in [5.41, 5.74) is 0.792. The number of ether oxygens (including phenoxy) is 2. The molecule has 0 aromatic heterocycles. The summed E-state index contributed by atoms with van der Waals surface area (Å²) >= 11 is 7.39. The van der Waals surface area contributed by atoms with Crippen LogP contribution in [0.1, 0.15) is 55.4 Å². The van der Waals surface area contributed by atoms with E-state index < -0.39 is 11.2 Å². The molecule has 0 saturated carbocycles. The lowest BCUT2D eigenvalue weighted by Crippen LogP contribution is -2.50. The van der Waals surface area contributed by atoms with E-state index in [2.05, 4.69) is 85.6 Å². The first-order valence-corrected chi connectivity index (χ1v) is 11.0. The Morgan fingerprint density at radius 1 is 1.08 bits per heavy atom. The molecule has 2 rings (SSSR count). The van der Waals surface area contributed by atoms with E-state index in [4.69, 9.17) is 9.47 Å². The topological polar surface area (TPSA) is 35.5 Å². The Balaban J connectivity index is 2.59. The maximum absolute atomic E-state index is 13.7. The molecule has 0 amide bonds. The molecular formula is C21H32Br2O3. The van der Waals surface area contributed by atoms with Gasteiger partial charge in [-0.25, -0.2) is 0 Å². The van der Waals surface area contributed by atoms with E-state index >= 15 is 0 Å². The van der Waals surface area contributed by atoms with Gasteiger partial charge in [-0.05, 0) is 30.3 Å². The normalized spacial score (nSPS) is 28.2. The van der Waals surface area contributed by atoms with Gasteiger partial charge in [0.1, 0.15) is 0 Å². The standard InChI is InChI=1S/C21H32Br2O3/c1-18(2,3)15-9-13(14-11-25-20(7,8)26-12-14)10-21(16(15)24,17(22)23)19(4,5)6/h9-10,14,17H,11-12H2,1-8H3. The Morgan fingerprint density at radius 2 is 1.58 bits per heavy atom. The quantitative estimate of drug-likeness (QED) is 0.443. The minimum absolute atomic E-state index is 0.119. The maximum atomic E-state index is 13.7. The van der Waals surface area contributed by atoms with Crippen molar-refractivity contribution in [1.82, 2.24) is 0 Å². The van der Waals surface area contributed by atoms with Crippen LogP contribution in [0.2, 0.25) is 0 Å². The van der Waals surface area contributed by atoms with Crippen LogP contribution in [-0.4, -0.2) is 28.5 Å². The zero-order valence-corrected chi connectivity index (χ0v) is 20.4. The Hall–Kier alpha value is 0.0300. The number of allylic oxidation sites excluding steroid dienone is 3. The first-order chi connectivity index (χ1) is 11.6. The van der Waals surface area contributed by atoms with Crippen molar-refractivity contribution in [3.8, 4) is 0 Å². The lowest BCUT2D eigenvalue weighted by atomic mass is 9.58. The molecule has 0 radical (unpaired) electrons. The van der Waals surface area contributed by atoms with Crippen LogP contribution in [0.4, 0.5) is 0 Å². The molecule has 1 unspecified atom stereocenters. The first kappa shape index (κ1) is 22.3. The van der Waals surface area contributed by atoms with Crippen molar-refractivity contribution < 1.29 is 14.3 Å². The van der Waals surface area contributed by atoms with Gasteiger partial charge in [-0.15, -0.1) is 0 Å². The van der Waals surface area contributed by atoms with E-state index in [0.717, 1.165) is 11.1 Å². The SMILES string of the molecule is CC1(C)OCC(C2=CC(C(Br)Br)(C(C)(C)C)C(=O)C(C(C)(C)C)=C2)CO1. The van der Waals surface area contributed by atoms with E-state index in [0.29, 0.717) is 13.2 Å². The van der Waals surface area contributed by atoms with Crippen LogP contribution >= 0.6 is 31.9 Å². The van der Waals surface area contributed by atoms with Crippen molar-refractivity contribution in [2.24, 2.45) is 22.2 Å². The fourth-order valence-electron chi connectivity index (χ4n) is 3.55. The number of carbonyl (C=O) groups excluding carboxylic acids is 1. The van der Waals surface area contributed by atoms with Crippen molar-refractivity contribution >= 4 is 37.6 Å². The van der Waals surface area contributed by atoms with Gasteiger partial charge in [0.15, 0.2) is 11.6 Å². The van der Waals surface area contributed by atoms with Crippen molar-refractivity contribution in [1.29, 1.82) is 0 Å². The van der Waals surface area contributed by atoms with E-state index in [1.165, 1.54) is 0 Å². The predicted octanol–water partition coefficient (Wildman–Crippen LogP) is 6.02. The van der Waals surface area contributed by atoms with Crippen LogP contribution in [0, 0.1) is 22.2 Å². The van der Waals surface area contributed by atoms with Crippen LogP contribution in [-0.2, 0) is 14.3 Å². The van der Waals surface area contributed by atoms with Crippen LogP contribution in [0.5, 0.6) is 0 Å². The molecule has 26 heavy (non-hydrogen) atoms. The molecule has 1 atom stereocenters. The van der Waals surface area contributed by atoms with Gasteiger partial charge in [0, 0.05) is 11.5 Å². The molecule has 2 aliphatic rings. The van der Waals surface area contributed by atoms with Gasteiger partial charge in [-0.1, -0.05) is 85.6 Å². The number of halogens is 2. The average Bonchev–Trinajstić information content (AvgIpc) is 2.45. The summed E-state index contributed by atoms with van der Waals surface area (Å²) in [6, 6.07) is 0. The average molecular weight is 492 g/mol. The second kappa shape index (κ2) is 7.13. The number of carbonyl (C=O) groups is 1. The van der Waals surface area contributed by atoms with Gasteiger partial charge in [-0.3, -0.25) is 4.79 Å². The van der Waals surface area contributed by atoms with Crippen LogP contribution in [0.15, 0.2) is 23.3 Å². The van der Waals surface area contributed by atoms with Gasteiger partial charge in [0.2, 0.25) is 0 Å². The smallest absolute Gasteiger partial charge is 0.171 e. The van der Waals surface area contributed by atoms with Crippen molar-refractivity contribution in [3.63, 3.8) is 0 Å². The summed E-state index contributed by atoms with van der Waals surface area (Å²) in [4.78, 5) is 13.7. The number of alkyl halides is 2. The number of rotatable bonds is 2. The molecule has 1 fully saturated rings. The first-order valence-electron chi connectivity index (χ1n) is 9.17. The van der Waals surface area contributed by atoms with E-state index in [9.17, 15) is 4.79 Å². The number of hydrogen-bond donors (Lipinski definition) is 0. The van der Waals surface area contributed by atoms with Gasteiger partial charge in [0.25, 0.3) is 0 Å². The monoisotopic (exact) mass is 490 g/mol. The Kier molecular flexibility index (Phi) is 6.12. The highest BCUT2D eigenvalue weighted by molar-refractivity contribution is 9.24. The highest BCUT2D eigenvalue weighted by Gasteiger charge is 2.55. The Bertz CT molecular complexity index is 623. The van der Waals surface area contributed by atoms with Crippen LogP contribution in [0.25, 0.3) is 0 Å². The zero-order chi connectivity index (χ0) is 20.1. The molecule has 0 spiro atoms. The Labute approximate surface area is 175 Å². The minimum atomic E-state index is -0.688. The molecule has 148 valence electrons. The predicted molar refractivity (Wildman–Crippen MR) is 114 cm³/mol. The van der Waals surface area contributed by atoms with E-state index in [1.54, 1.807) is 0 Å². The summed E-state index contributed by atoms with van der Waals surface area (Å²) in [7, 11) is 0. The molecule has 1 aliphatic carbocycles.